The van der Waals surface area contributed by atoms with Crippen LogP contribution in [-0.4, -0.2) is 17.8 Å². The lowest BCUT2D eigenvalue weighted by Crippen LogP contribution is -2.14. The van der Waals surface area contributed by atoms with Crippen molar-refractivity contribution in [1.82, 2.24) is 10.3 Å². The Morgan fingerprint density at radius 1 is 1.38 bits per heavy atom. The topological polar surface area (TPSA) is 34.1 Å². The number of hydrogen-bond acceptors (Lipinski definition) is 5. The van der Waals surface area contributed by atoms with Crippen LogP contribution in [-0.2, 0) is 13.0 Å². The minimum atomic E-state index is 0.0797. The molecule has 0 radical (unpaired) electrons. The molecule has 1 unspecified atom stereocenters. The van der Waals surface area contributed by atoms with Gasteiger partial charge in [0.25, 0.3) is 0 Å². The molecule has 1 aliphatic heterocycles. The SMILES string of the molecule is CCCc1nc(C2CSc3ccccc3O2)sc1CNC. The summed E-state index contributed by atoms with van der Waals surface area (Å²) in [6.45, 7) is 3.09. The second kappa shape index (κ2) is 6.81. The van der Waals surface area contributed by atoms with Crippen LogP contribution in [0.4, 0.5) is 0 Å². The van der Waals surface area contributed by atoms with Crippen molar-refractivity contribution in [3.05, 3.63) is 39.8 Å². The molecule has 0 fully saturated rings. The minimum Gasteiger partial charge on any atom is -0.481 e. The third kappa shape index (κ3) is 3.25. The Morgan fingerprint density at radius 2 is 2.24 bits per heavy atom. The van der Waals surface area contributed by atoms with Crippen molar-refractivity contribution in [2.75, 3.05) is 12.8 Å². The first-order valence-corrected chi connectivity index (χ1v) is 9.13. The molecule has 0 amide bonds. The first kappa shape index (κ1) is 14.9. The van der Waals surface area contributed by atoms with Gasteiger partial charge < -0.3 is 10.1 Å². The molecule has 0 saturated heterocycles. The first-order valence-electron chi connectivity index (χ1n) is 7.33. The van der Waals surface area contributed by atoms with Crippen LogP contribution in [0.1, 0.15) is 35.0 Å². The number of hydrogen-bond donors (Lipinski definition) is 1. The van der Waals surface area contributed by atoms with Gasteiger partial charge in [0.15, 0.2) is 6.10 Å². The molecule has 21 heavy (non-hydrogen) atoms. The highest BCUT2D eigenvalue weighted by Gasteiger charge is 2.25. The van der Waals surface area contributed by atoms with E-state index in [4.69, 9.17) is 9.72 Å². The number of rotatable bonds is 5. The smallest absolute Gasteiger partial charge is 0.159 e. The third-order valence-corrected chi connectivity index (χ3v) is 5.71. The predicted octanol–water partition coefficient (Wildman–Crippen LogP) is 4.04. The van der Waals surface area contributed by atoms with E-state index in [2.05, 4.69) is 24.4 Å². The average Bonchev–Trinajstić information content (AvgIpc) is 2.91. The van der Waals surface area contributed by atoms with E-state index in [1.807, 2.05) is 30.9 Å². The van der Waals surface area contributed by atoms with Crippen LogP contribution < -0.4 is 10.1 Å². The molecule has 112 valence electrons. The van der Waals surface area contributed by atoms with Gasteiger partial charge in [-0.3, -0.25) is 0 Å². The number of ether oxygens (including phenoxy) is 1. The van der Waals surface area contributed by atoms with E-state index in [0.29, 0.717) is 0 Å². The van der Waals surface area contributed by atoms with E-state index >= 15 is 0 Å². The second-order valence-corrected chi connectivity index (χ2v) is 7.24. The Kier molecular flexibility index (Phi) is 4.83. The van der Waals surface area contributed by atoms with Crippen LogP contribution in [0, 0.1) is 0 Å². The fourth-order valence-corrected chi connectivity index (χ4v) is 4.66. The van der Waals surface area contributed by atoms with Crippen LogP contribution in [0.15, 0.2) is 29.2 Å². The molecule has 1 N–H and O–H groups in total. The summed E-state index contributed by atoms with van der Waals surface area (Å²) in [5, 5.41) is 4.36. The van der Waals surface area contributed by atoms with Gasteiger partial charge in [-0.1, -0.05) is 25.5 Å². The Balaban J connectivity index is 1.83. The standard InChI is InChI=1S/C16H20N2OS2/c1-3-6-11-15(9-17-2)21-16(18-11)13-10-20-14-8-5-4-7-12(14)19-13/h4-5,7-8,13,17H,3,6,9-10H2,1-2H3. The minimum absolute atomic E-state index is 0.0797. The molecule has 2 aromatic rings. The molecule has 1 aromatic heterocycles. The van der Waals surface area contributed by atoms with E-state index < -0.39 is 0 Å². The van der Waals surface area contributed by atoms with Crippen LogP contribution in [0.25, 0.3) is 0 Å². The summed E-state index contributed by atoms with van der Waals surface area (Å²) in [6.07, 6.45) is 2.25. The van der Waals surface area contributed by atoms with Crippen molar-refractivity contribution in [3.8, 4) is 5.75 Å². The molecule has 1 aliphatic rings. The highest BCUT2D eigenvalue weighted by atomic mass is 32.2. The Hall–Kier alpha value is -1.04. The summed E-state index contributed by atoms with van der Waals surface area (Å²) in [6, 6.07) is 8.25. The van der Waals surface area contributed by atoms with Gasteiger partial charge in [0.1, 0.15) is 10.8 Å². The lowest BCUT2D eigenvalue weighted by Gasteiger charge is -2.23. The monoisotopic (exact) mass is 320 g/mol. The van der Waals surface area contributed by atoms with E-state index in [0.717, 1.165) is 35.9 Å². The van der Waals surface area contributed by atoms with Gasteiger partial charge in [-0.25, -0.2) is 4.98 Å². The first-order chi connectivity index (χ1) is 10.3. The van der Waals surface area contributed by atoms with E-state index in [1.54, 1.807) is 11.3 Å². The van der Waals surface area contributed by atoms with Crippen LogP contribution in [0.2, 0.25) is 0 Å². The zero-order chi connectivity index (χ0) is 14.7. The second-order valence-electron chi connectivity index (χ2n) is 5.07. The van der Waals surface area contributed by atoms with Gasteiger partial charge in [-0.05, 0) is 25.6 Å². The van der Waals surface area contributed by atoms with Crippen molar-refractivity contribution < 1.29 is 4.74 Å². The highest BCUT2D eigenvalue weighted by molar-refractivity contribution is 7.99. The lowest BCUT2D eigenvalue weighted by atomic mass is 10.2. The van der Waals surface area contributed by atoms with Crippen molar-refractivity contribution in [2.24, 2.45) is 0 Å². The van der Waals surface area contributed by atoms with Gasteiger partial charge >= 0.3 is 0 Å². The Bertz CT molecular complexity index is 589. The van der Waals surface area contributed by atoms with Gasteiger partial charge in [0.05, 0.1) is 5.69 Å². The molecule has 0 aliphatic carbocycles. The summed E-state index contributed by atoms with van der Waals surface area (Å²) in [5.74, 6) is 1.93. The summed E-state index contributed by atoms with van der Waals surface area (Å²) >= 11 is 3.65. The van der Waals surface area contributed by atoms with E-state index in [9.17, 15) is 0 Å². The van der Waals surface area contributed by atoms with Crippen LogP contribution in [0.3, 0.4) is 0 Å². The molecule has 0 bridgehead atoms. The third-order valence-electron chi connectivity index (χ3n) is 3.40. The van der Waals surface area contributed by atoms with E-state index in [1.165, 1.54) is 15.5 Å². The molecule has 3 rings (SSSR count). The fourth-order valence-electron chi connectivity index (χ4n) is 2.41. The molecule has 1 aromatic carbocycles. The number of benzene rings is 1. The molecule has 0 spiro atoms. The van der Waals surface area contributed by atoms with Gasteiger partial charge in [0, 0.05) is 22.1 Å². The summed E-state index contributed by atoms with van der Waals surface area (Å²) in [5.41, 5.74) is 1.24. The Morgan fingerprint density at radius 3 is 3.05 bits per heavy atom. The number of thioether (sulfide) groups is 1. The van der Waals surface area contributed by atoms with Crippen LogP contribution in [0.5, 0.6) is 5.75 Å². The van der Waals surface area contributed by atoms with Crippen molar-refractivity contribution in [1.29, 1.82) is 0 Å². The lowest BCUT2D eigenvalue weighted by molar-refractivity contribution is 0.219. The number of nitrogens with zero attached hydrogens (tertiary/aromatic N) is 1. The number of fused-ring (bicyclic) bond motifs is 1. The number of aryl methyl sites for hydroxylation is 1. The van der Waals surface area contributed by atoms with Crippen molar-refractivity contribution >= 4 is 23.1 Å². The molecule has 5 heteroatoms. The maximum absolute atomic E-state index is 6.15. The molecule has 0 saturated carbocycles. The molecular weight excluding hydrogens is 300 g/mol. The summed E-state index contributed by atoms with van der Waals surface area (Å²) < 4.78 is 6.15. The molecule has 3 nitrogen and oxygen atoms in total. The predicted molar refractivity (Wildman–Crippen MR) is 89.4 cm³/mol. The number of thiazole rings is 1. The fraction of sp³-hybridized carbons (Fsp3) is 0.438. The average molecular weight is 320 g/mol. The summed E-state index contributed by atoms with van der Waals surface area (Å²) in [4.78, 5) is 7.44. The largest absolute Gasteiger partial charge is 0.481 e. The number of aromatic nitrogens is 1. The molecule has 2 heterocycles. The van der Waals surface area contributed by atoms with Crippen molar-refractivity contribution in [2.45, 2.75) is 37.3 Å². The van der Waals surface area contributed by atoms with Gasteiger partial charge in [0.2, 0.25) is 0 Å². The maximum Gasteiger partial charge on any atom is 0.159 e. The molecule has 1 atom stereocenters. The maximum atomic E-state index is 6.15. The number of para-hydroxylation sites is 1. The zero-order valence-corrected chi connectivity index (χ0v) is 14.0. The quantitative estimate of drug-likeness (QED) is 0.901. The Labute approximate surface area is 134 Å². The summed E-state index contributed by atoms with van der Waals surface area (Å²) in [7, 11) is 1.98. The molecular formula is C16H20N2OS2. The van der Waals surface area contributed by atoms with Crippen molar-refractivity contribution in [3.63, 3.8) is 0 Å². The van der Waals surface area contributed by atoms with Crippen LogP contribution >= 0.6 is 23.1 Å². The normalized spacial score (nSPS) is 17.3. The number of nitrogens with one attached hydrogen (secondary N) is 1. The highest BCUT2D eigenvalue weighted by Crippen LogP contribution is 2.41. The zero-order valence-electron chi connectivity index (χ0n) is 12.4. The van der Waals surface area contributed by atoms with E-state index in [-0.39, 0.29) is 6.10 Å². The van der Waals surface area contributed by atoms with Gasteiger partial charge in [-0.15, -0.1) is 23.1 Å². The van der Waals surface area contributed by atoms with Gasteiger partial charge in [-0.2, -0.15) is 0 Å².